The van der Waals surface area contributed by atoms with Gasteiger partial charge in [-0.1, -0.05) is 23.9 Å². The van der Waals surface area contributed by atoms with E-state index in [0.29, 0.717) is 18.2 Å². The molecular weight excluding hydrogens is 443 g/mol. The lowest BCUT2D eigenvalue weighted by Crippen LogP contribution is -2.34. The van der Waals surface area contributed by atoms with Gasteiger partial charge in [0.2, 0.25) is 5.91 Å². The molecule has 172 valence electrons. The van der Waals surface area contributed by atoms with E-state index in [2.05, 4.69) is 10.3 Å². The summed E-state index contributed by atoms with van der Waals surface area (Å²) >= 11 is 1.09. The molecule has 1 atom stereocenters. The molecule has 32 heavy (non-hydrogen) atoms. The molecule has 1 N–H and O–H groups in total. The fourth-order valence-electron chi connectivity index (χ4n) is 4.21. The average molecular weight is 468 g/mol. The molecule has 1 unspecified atom stereocenters. The largest absolute Gasteiger partial charge is 0.418 e. The Labute approximate surface area is 187 Å². The summed E-state index contributed by atoms with van der Waals surface area (Å²) in [6, 6.07) is 4.85. The third-order valence-electron chi connectivity index (χ3n) is 5.71. The van der Waals surface area contributed by atoms with Crippen LogP contribution in [0.15, 0.2) is 34.1 Å². The molecule has 4 rings (SSSR count). The number of hydrogen-bond acceptors (Lipinski definition) is 5. The van der Waals surface area contributed by atoms with E-state index in [1.165, 1.54) is 18.2 Å². The number of nitrogens with zero attached hydrogens (tertiary/aromatic N) is 2. The fourth-order valence-corrected chi connectivity index (χ4v) is 5.08. The van der Waals surface area contributed by atoms with E-state index >= 15 is 0 Å². The number of para-hydroxylation sites is 1. The zero-order valence-electron chi connectivity index (χ0n) is 17.4. The van der Waals surface area contributed by atoms with Gasteiger partial charge in [0.05, 0.1) is 29.7 Å². The topological polar surface area (TPSA) is 73.2 Å². The van der Waals surface area contributed by atoms with E-state index in [1.807, 2.05) is 0 Å². The summed E-state index contributed by atoms with van der Waals surface area (Å²) in [4.78, 5) is 29.4. The van der Waals surface area contributed by atoms with Crippen molar-refractivity contribution in [2.75, 3.05) is 17.7 Å². The van der Waals surface area contributed by atoms with Crippen LogP contribution in [-0.2, 0) is 35.1 Å². The van der Waals surface area contributed by atoms with Crippen LogP contribution in [0.1, 0.15) is 42.5 Å². The minimum atomic E-state index is -4.56. The summed E-state index contributed by atoms with van der Waals surface area (Å²) in [5, 5.41) is 2.83. The molecule has 1 aliphatic heterocycles. The van der Waals surface area contributed by atoms with Crippen LogP contribution in [0.25, 0.3) is 0 Å². The third-order valence-corrected chi connectivity index (χ3v) is 6.73. The lowest BCUT2D eigenvalue weighted by Gasteiger charge is -2.24. The number of aromatic nitrogens is 2. The van der Waals surface area contributed by atoms with Gasteiger partial charge in [0.15, 0.2) is 0 Å². The Hall–Kier alpha value is -2.33. The van der Waals surface area contributed by atoms with Gasteiger partial charge in [0, 0.05) is 17.9 Å². The van der Waals surface area contributed by atoms with E-state index in [1.54, 1.807) is 4.57 Å². The van der Waals surface area contributed by atoms with Crippen molar-refractivity contribution in [3.8, 4) is 0 Å². The highest BCUT2D eigenvalue weighted by Gasteiger charge is 2.33. The Kier molecular flexibility index (Phi) is 6.90. The number of benzene rings is 1. The van der Waals surface area contributed by atoms with E-state index < -0.39 is 17.6 Å². The highest BCUT2D eigenvalue weighted by molar-refractivity contribution is 8.00. The molecule has 0 radical (unpaired) electrons. The van der Waals surface area contributed by atoms with Crippen LogP contribution in [0.2, 0.25) is 0 Å². The summed E-state index contributed by atoms with van der Waals surface area (Å²) in [7, 11) is 0. The van der Waals surface area contributed by atoms with Crippen molar-refractivity contribution >= 4 is 23.4 Å². The maximum absolute atomic E-state index is 13.2. The Morgan fingerprint density at radius 1 is 1.22 bits per heavy atom. The first-order valence-corrected chi connectivity index (χ1v) is 11.6. The van der Waals surface area contributed by atoms with Crippen LogP contribution >= 0.6 is 11.8 Å². The van der Waals surface area contributed by atoms with Crippen LogP contribution in [0.3, 0.4) is 0 Å². The number of carbonyl (C=O) groups is 1. The van der Waals surface area contributed by atoms with Gasteiger partial charge in [-0.05, 0) is 50.7 Å². The number of halogens is 3. The number of thioether (sulfide) groups is 1. The molecule has 1 amide bonds. The molecule has 1 aromatic heterocycles. The van der Waals surface area contributed by atoms with Gasteiger partial charge in [-0.2, -0.15) is 18.2 Å². The maximum Gasteiger partial charge on any atom is 0.418 e. The molecule has 1 aliphatic carbocycles. The molecule has 0 saturated carbocycles. The van der Waals surface area contributed by atoms with Crippen molar-refractivity contribution < 1.29 is 22.7 Å². The molecule has 2 aliphatic rings. The fraction of sp³-hybridized carbons (Fsp3) is 0.500. The van der Waals surface area contributed by atoms with Gasteiger partial charge in [-0.15, -0.1) is 0 Å². The van der Waals surface area contributed by atoms with Crippen LogP contribution in [0.4, 0.5) is 18.9 Å². The van der Waals surface area contributed by atoms with Gasteiger partial charge in [0.25, 0.3) is 0 Å². The zero-order valence-corrected chi connectivity index (χ0v) is 18.2. The van der Waals surface area contributed by atoms with Crippen molar-refractivity contribution in [2.24, 2.45) is 0 Å². The van der Waals surface area contributed by atoms with E-state index in [9.17, 15) is 22.8 Å². The van der Waals surface area contributed by atoms with E-state index in [4.69, 9.17) is 4.74 Å². The number of rotatable bonds is 6. The summed E-state index contributed by atoms with van der Waals surface area (Å²) < 4.78 is 46.8. The van der Waals surface area contributed by atoms with Crippen LogP contribution in [0, 0.1) is 0 Å². The molecule has 1 saturated heterocycles. The third kappa shape index (κ3) is 5.17. The van der Waals surface area contributed by atoms with Gasteiger partial charge >= 0.3 is 11.9 Å². The number of amides is 1. The molecule has 6 nitrogen and oxygen atoms in total. The first kappa shape index (κ1) is 22.8. The molecule has 0 spiro atoms. The smallest absolute Gasteiger partial charge is 0.376 e. The summed E-state index contributed by atoms with van der Waals surface area (Å²) in [6.07, 6.45) is 0.802. The Morgan fingerprint density at radius 3 is 2.75 bits per heavy atom. The number of carbonyl (C=O) groups excluding carboxylic acids is 1. The lowest BCUT2D eigenvalue weighted by atomic mass is 9.97. The highest BCUT2D eigenvalue weighted by atomic mass is 32.2. The van der Waals surface area contributed by atoms with Crippen molar-refractivity contribution in [2.45, 2.75) is 62.4 Å². The number of alkyl halides is 3. The Balaban J connectivity index is 1.50. The van der Waals surface area contributed by atoms with Gasteiger partial charge in [-0.3, -0.25) is 9.36 Å². The van der Waals surface area contributed by atoms with E-state index in [-0.39, 0.29) is 23.2 Å². The van der Waals surface area contributed by atoms with Crippen molar-refractivity contribution in [3.05, 3.63) is 51.6 Å². The molecule has 2 heterocycles. The SMILES string of the molecule is O=C(CSc1nc(=O)n(CC2CCCO2)c2c1CCCC2)Nc1ccccc1C(F)(F)F. The molecular formula is C22H24F3N3O3S. The lowest BCUT2D eigenvalue weighted by molar-refractivity contribution is -0.137. The molecule has 2 aromatic rings. The van der Waals surface area contributed by atoms with E-state index in [0.717, 1.165) is 67.6 Å². The minimum Gasteiger partial charge on any atom is -0.376 e. The number of hydrogen-bond donors (Lipinski definition) is 1. The predicted molar refractivity (Wildman–Crippen MR) is 115 cm³/mol. The van der Waals surface area contributed by atoms with Crippen molar-refractivity contribution in [1.29, 1.82) is 0 Å². The van der Waals surface area contributed by atoms with Crippen LogP contribution in [0.5, 0.6) is 0 Å². The van der Waals surface area contributed by atoms with Crippen LogP contribution < -0.4 is 11.0 Å². The van der Waals surface area contributed by atoms with Gasteiger partial charge in [0.1, 0.15) is 5.03 Å². The predicted octanol–water partition coefficient (Wildman–Crippen LogP) is 4.05. The quantitative estimate of drug-likeness (QED) is 0.513. The number of fused-ring (bicyclic) bond motifs is 1. The number of nitrogens with one attached hydrogen (secondary N) is 1. The highest BCUT2D eigenvalue weighted by Crippen LogP contribution is 2.35. The monoisotopic (exact) mass is 467 g/mol. The number of ether oxygens (including phenoxy) is 1. The molecule has 10 heteroatoms. The van der Waals surface area contributed by atoms with Crippen molar-refractivity contribution in [3.63, 3.8) is 0 Å². The normalized spacial score (nSPS) is 18.4. The van der Waals surface area contributed by atoms with Crippen molar-refractivity contribution in [1.82, 2.24) is 9.55 Å². The second-order valence-electron chi connectivity index (χ2n) is 7.96. The standard InChI is InChI=1S/C22H24F3N3O3S/c23-22(24,25)16-8-2-3-9-17(16)26-19(29)13-32-20-15-7-1-4-10-18(15)28(21(30)27-20)12-14-6-5-11-31-14/h2-3,8-9,14H,1,4-7,10-13H2,(H,26,29). The van der Waals surface area contributed by atoms with Gasteiger partial charge in [-0.25, -0.2) is 4.79 Å². The summed E-state index contributed by atoms with van der Waals surface area (Å²) in [6.45, 7) is 1.18. The molecule has 0 bridgehead atoms. The zero-order chi connectivity index (χ0) is 22.7. The van der Waals surface area contributed by atoms with Gasteiger partial charge < -0.3 is 10.1 Å². The summed E-state index contributed by atoms with van der Waals surface area (Å²) in [5.41, 5.74) is 0.351. The number of anilines is 1. The Morgan fingerprint density at radius 2 is 2.00 bits per heavy atom. The second-order valence-corrected chi connectivity index (χ2v) is 8.92. The molecule has 1 aromatic carbocycles. The minimum absolute atomic E-state index is 0.0125. The summed E-state index contributed by atoms with van der Waals surface area (Å²) in [5.74, 6) is -0.720. The Bertz CT molecular complexity index is 1050. The second kappa shape index (κ2) is 9.66. The first-order chi connectivity index (χ1) is 15.3. The average Bonchev–Trinajstić information content (AvgIpc) is 3.27. The molecule has 1 fully saturated rings. The first-order valence-electron chi connectivity index (χ1n) is 10.7. The van der Waals surface area contributed by atoms with Crippen LogP contribution in [-0.4, -0.2) is 33.9 Å². The maximum atomic E-state index is 13.2.